The zero-order valence-corrected chi connectivity index (χ0v) is 9.04. The van der Waals surface area contributed by atoms with Crippen LogP contribution in [0.4, 0.5) is 0 Å². The lowest BCUT2D eigenvalue weighted by Gasteiger charge is -1.92. The molecule has 3 rings (SSSR count). The third kappa shape index (κ3) is 1.51. The van der Waals surface area contributed by atoms with E-state index in [-0.39, 0.29) is 17.3 Å². The highest BCUT2D eigenvalue weighted by Gasteiger charge is 2.14. The number of oxazole rings is 1. The second kappa shape index (κ2) is 3.63. The molecule has 90 valence electrons. The Morgan fingerprint density at radius 2 is 2.22 bits per heavy atom. The molecule has 6 nitrogen and oxygen atoms in total. The Hall–Kier alpha value is -2.76. The van der Waals surface area contributed by atoms with Gasteiger partial charge < -0.3 is 19.6 Å². The average Bonchev–Trinajstić information content (AvgIpc) is 2.95. The quantitative estimate of drug-likeness (QED) is 0.641. The number of H-pyrrole nitrogens is 1. The Bertz CT molecular complexity index is 741. The predicted molar refractivity (Wildman–Crippen MR) is 62.4 cm³/mol. The van der Waals surface area contributed by atoms with Gasteiger partial charge in [-0.3, -0.25) is 0 Å². The number of fused-ring (bicyclic) bond motifs is 1. The van der Waals surface area contributed by atoms with Crippen LogP contribution in [0.3, 0.4) is 0 Å². The number of aromatic amines is 1. The number of hydrogen-bond donors (Lipinski definition) is 3. The summed E-state index contributed by atoms with van der Waals surface area (Å²) in [5.41, 5.74) is 0.912. The minimum Gasteiger partial charge on any atom is -0.506 e. The van der Waals surface area contributed by atoms with Crippen molar-refractivity contribution >= 4 is 16.9 Å². The summed E-state index contributed by atoms with van der Waals surface area (Å²) < 4.78 is 5.08. The van der Waals surface area contributed by atoms with Gasteiger partial charge in [-0.2, -0.15) is 0 Å². The third-order valence-corrected chi connectivity index (χ3v) is 2.59. The molecule has 0 aliphatic heterocycles. The molecular weight excluding hydrogens is 236 g/mol. The molecule has 0 radical (unpaired) electrons. The number of nitrogens with zero attached hydrogens (tertiary/aromatic N) is 1. The van der Waals surface area contributed by atoms with Crippen molar-refractivity contribution in [3.05, 3.63) is 36.2 Å². The van der Waals surface area contributed by atoms with Crippen molar-refractivity contribution in [1.29, 1.82) is 0 Å². The standard InChI is InChI=1S/C12H8N2O4/c15-9-3-1-2-6-4-7(13-10(6)9)11-14-8(5-18-11)12(16)17/h1-5,13,15H,(H,16,17). The summed E-state index contributed by atoms with van der Waals surface area (Å²) in [4.78, 5) is 17.5. The maximum atomic E-state index is 10.7. The van der Waals surface area contributed by atoms with Crippen molar-refractivity contribution in [3.8, 4) is 17.3 Å². The number of rotatable bonds is 2. The van der Waals surface area contributed by atoms with Gasteiger partial charge in [-0.1, -0.05) is 12.1 Å². The van der Waals surface area contributed by atoms with E-state index in [2.05, 4.69) is 9.97 Å². The van der Waals surface area contributed by atoms with Crippen LogP contribution < -0.4 is 0 Å². The van der Waals surface area contributed by atoms with Gasteiger partial charge in [0.2, 0.25) is 5.89 Å². The largest absolute Gasteiger partial charge is 0.506 e. The first kappa shape index (κ1) is 10.4. The molecule has 3 aromatic rings. The van der Waals surface area contributed by atoms with E-state index >= 15 is 0 Å². The van der Waals surface area contributed by atoms with Crippen molar-refractivity contribution in [3.63, 3.8) is 0 Å². The molecule has 0 bridgehead atoms. The van der Waals surface area contributed by atoms with Crippen LogP contribution in [-0.2, 0) is 0 Å². The minimum atomic E-state index is -1.15. The Kier molecular flexibility index (Phi) is 2.09. The number of carbonyl (C=O) groups is 1. The number of aromatic hydroxyl groups is 1. The van der Waals surface area contributed by atoms with Gasteiger partial charge in [0, 0.05) is 5.39 Å². The summed E-state index contributed by atoms with van der Waals surface area (Å²) >= 11 is 0. The molecule has 0 unspecified atom stereocenters. The van der Waals surface area contributed by atoms with Gasteiger partial charge in [-0.05, 0) is 12.1 Å². The lowest BCUT2D eigenvalue weighted by Crippen LogP contribution is -1.95. The Morgan fingerprint density at radius 3 is 2.89 bits per heavy atom. The number of phenolic OH excluding ortho intramolecular Hbond substituents is 1. The van der Waals surface area contributed by atoms with Crippen LogP contribution >= 0.6 is 0 Å². The minimum absolute atomic E-state index is 0.115. The molecule has 18 heavy (non-hydrogen) atoms. The number of nitrogens with one attached hydrogen (secondary N) is 1. The van der Waals surface area contributed by atoms with E-state index in [9.17, 15) is 9.90 Å². The highest BCUT2D eigenvalue weighted by atomic mass is 16.4. The first-order valence-corrected chi connectivity index (χ1v) is 5.15. The zero-order chi connectivity index (χ0) is 12.7. The van der Waals surface area contributed by atoms with Crippen molar-refractivity contribution in [2.75, 3.05) is 0 Å². The molecule has 2 heterocycles. The molecule has 0 amide bonds. The van der Waals surface area contributed by atoms with Gasteiger partial charge in [-0.15, -0.1) is 0 Å². The van der Waals surface area contributed by atoms with Crippen LogP contribution in [0.5, 0.6) is 5.75 Å². The average molecular weight is 244 g/mol. The molecule has 6 heteroatoms. The summed E-state index contributed by atoms with van der Waals surface area (Å²) in [5, 5.41) is 19.2. The normalized spacial score (nSPS) is 10.9. The number of para-hydroxylation sites is 1. The maximum absolute atomic E-state index is 10.7. The fourth-order valence-electron chi connectivity index (χ4n) is 1.75. The fraction of sp³-hybridized carbons (Fsp3) is 0. The summed E-state index contributed by atoms with van der Waals surface area (Å²) in [6.07, 6.45) is 1.07. The zero-order valence-electron chi connectivity index (χ0n) is 9.04. The lowest BCUT2D eigenvalue weighted by molar-refractivity contribution is 0.0690. The first-order chi connectivity index (χ1) is 8.65. The summed E-state index contributed by atoms with van der Waals surface area (Å²) in [6, 6.07) is 6.82. The first-order valence-electron chi connectivity index (χ1n) is 5.15. The molecule has 1 aromatic carbocycles. The highest BCUT2D eigenvalue weighted by Crippen LogP contribution is 2.28. The number of hydrogen-bond acceptors (Lipinski definition) is 4. The van der Waals surface area contributed by atoms with Gasteiger partial charge in [0.05, 0.1) is 5.52 Å². The molecule has 0 spiro atoms. The van der Waals surface area contributed by atoms with E-state index in [1.54, 1.807) is 18.2 Å². The van der Waals surface area contributed by atoms with E-state index in [0.717, 1.165) is 11.6 Å². The van der Waals surface area contributed by atoms with E-state index < -0.39 is 5.97 Å². The fourth-order valence-corrected chi connectivity index (χ4v) is 1.75. The van der Waals surface area contributed by atoms with E-state index in [0.29, 0.717) is 11.2 Å². The van der Waals surface area contributed by atoms with Gasteiger partial charge >= 0.3 is 5.97 Å². The Balaban J connectivity index is 2.13. The van der Waals surface area contributed by atoms with Crippen LogP contribution in [-0.4, -0.2) is 26.2 Å². The summed E-state index contributed by atoms with van der Waals surface area (Å²) in [5.74, 6) is -0.865. The van der Waals surface area contributed by atoms with Crippen LogP contribution in [0.2, 0.25) is 0 Å². The van der Waals surface area contributed by atoms with Crippen molar-refractivity contribution in [2.45, 2.75) is 0 Å². The van der Waals surface area contributed by atoms with E-state index in [1.807, 2.05) is 6.07 Å². The molecule has 0 aliphatic carbocycles. The highest BCUT2D eigenvalue weighted by molar-refractivity contribution is 5.89. The Morgan fingerprint density at radius 1 is 1.39 bits per heavy atom. The van der Waals surface area contributed by atoms with Crippen molar-refractivity contribution < 1.29 is 19.4 Å². The second-order valence-corrected chi connectivity index (χ2v) is 3.77. The van der Waals surface area contributed by atoms with E-state index in [1.165, 1.54) is 0 Å². The molecule has 0 atom stereocenters. The smallest absolute Gasteiger partial charge is 0.357 e. The lowest BCUT2D eigenvalue weighted by atomic mass is 10.2. The van der Waals surface area contributed by atoms with Gasteiger partial charge in [-0.25, -0.2) is 9.78 Å². The molecule has 0 aliphatic rings. The Labute approximate surface area is 101 Å². The van der Waals surface area contributed by atoms with Crippen molar-refractivity contribution in [1.82, 2.24) is 9.97 Å². The van der Waals surface area contributed by atoms with Crippen LogP contribution in [0.15, 0.2) is 34.9 Å². The second-order valence-electron chi connectivity index (χ2n) is 3.77. The number of aromatic nitrogens is 2. The predicted octanol–water partition coefficient (Wildman–Crippen LogP) is 2.23. The molecule has 0 fully saturated rings. The summed E-state index contributed by atoms with van der Waals surface area (Å²) in [7, 11) is 0. The van der Waals surface area contributed by atoms with E-state index in [4.69, 9.17) is 9.52 Å². The number of carboxylic acids is 1. The van der Waals surface area contributed by atoms with Crippen LogP contribution in [0.25, 0.3) is 22.5 Å². The van der Waals surface area contributed by atoms with Crippen molar-refractivity contribution in [2.24, 2.45) is 0 Å². The van der Waals surface area contributed by atoms with Gasteiger partial charge in [0.1, 0.15) is 17.7 Å². The SMILES string of the molecule is O=C(O)c1coc(-c2cc3cccc(O)c3[nH]2)n1. The maximum Gasteiger partial charge on any atom is 0.357 e. The number of benzene rings is 1. The monoisotopic (exact) mass is 244 g/mol. The number of carboxylic acid groups (broad SMARTS) is 1. The molecule has 2 aromatic heterocycles. The number of aromatic carboxylic acids is 1. The molecule has 3 N–H and O–H groups in total. The topological polar surface area (TPSA) is 99.4 Å². The number of phenols is 1. The summed E-state index contributed by atoms with van der Waals surface area (Å²) in [6.45, 7) is 0. The van der Waals surface area contributed by atoms with Gasteiger partial charge in [0.15, 0.2) is 5.69 Å². The molecular formula is C12H8N2O4. The van der Waals surface area contributed by atoms with Crippen LogP contribution in [0, 0.1) is 0 Å². The molecule has 0 saturated heterocycles. The van der Waals surface area contributed by atoms with Gasteiger partial charge in [0.25, 0.3) is 0 Å². The third-order valence-electron chi connectivity index (χ3n) is 2.59. The van der Waals surface area contributed by atoms with Crippen LogP contribution in [0.1, 0.15) is 10.5 Å². The molecule has 0 saturated carbocycles.